The van der Waals surface area contributed by atoms with Gasteiger partial charge in [-0.2, -0.15) is 4.98 Å². The van der Waals surface area contributed by atoms with Gasteiger partial charge in [-0.3, -0.25) is 0 Å². The van der Waals surface area contributed by atoms with E-state index in [9.17, 15) is 4.39 Å². The van der Waals surface area contributed by atoms with Crippen molar-refractivity contribution in [3.05, 3.63) is 35.5 Å². The van der Waals surface area contributed by atoms with Crippen LogP contribution < -0.4 is 0 Å². The Hall–Kier alpha value is -1.71. The van der Waals surface area contributed by atoms with Crippen molar-refractivity contribution >= 4 is 0 Å². The van der Waals surface area contributed by atoms with E-state index < -0.39 is 0 Å². The van der Waals surface area contributed by atoms with Crippen molar-refractivity contribution in [2.75, 3.05) is 0 Å². The first-order chi connectivity index (χ1) is 6.68. The Labute approximate surface area is 87.9 Å². The topological polar surface area (TPSA) is 38.9 Å². The van der Waals surface area contributed by atoms with E-state index >= 15 is 0 Å². The molecule has 0 aliphatic heterocycles. The van der Waals surface area contributed by atoms with Crippen LogP contribution in [0, 0.1) is 19.7 Å². The minimum Gasteiger partial charge on any atom is -0.339 e. The van der Waals surface area contributed by atoms with Crippen molar-refractivity contribution < 1.29 is 8.91 Å². The molecule has 0 saturated heterocycles. The van der Waals surface area contributed by atoms with E-state index in [0.29, 0.717) is 22.8 Å². The van der Waals surface area contributed by atoms with Gasteiger partial charge < -0.3 is 4.52 Å². The van der Waals surface area contributed by atoms with Gasteiger partial charge in [-0.25, -0.2) is 4.39 Å². The first-order valence-corrected chi connectivity index (χ1v) is 4.24. The Morgan fingerprint density at radius 1 is 1.27 bits per heavy atom. The molecule has 0 amide bonds. The fourth-order valence-electron chi connectivity index (χ4n) is 1.23. The smallest absolute Gasteiger partial charge is 0.223 e. The van der Waals surface area contributed by atoms with Crippen LogP contribution in [0.1, 0.15) is 18.9 Å². The summed E-state index contributed by atoms with van der Waals surface area (Å²) < 4.78 is 18.4. The van der Waals surface area contributed by atoms with Gasteiger partial charge in [0.2, 0.25) is 11.7 Å². The van der Waals surface area contributed by atoms with Gasteiger partial charge in [0, 0.05) is 6.92 Å². The van der Waals surface area contributed by atoms with Crippen molar-refractivity contribution in [1.82, 2.24) is 10.1 Å². The fraction of sp³-hybridized carbons (Fsp3) is 0.273. The number of rotatable bonds is 1. The molecule has 1 heterocycles. The second kappa shape index (κ2) is 4.21. The second-order valence-corrected chi connectivity index (χ2v) is 3.07. The average Bonchev–Trinajstić information content (AvgIpc) is 2.57. The maximum Gasteiger partial charge on any atom is 0.223 e. The van der Waals surface area contributed by atoms with Crippen molar-refractivity contribution in [2.45, 2.75) is 21.3 Å². The predicted octanol–water partition coefficient (Wildman–Crippen LogP) is 3.13. The molecule has 0 unspecified atom stereocenters. The molecular formula is C11H13FN2O. The molecule has 80 valence electrons. The zero-order chi connectivity index (χ0) is 10.1. The number of aryl methyl sites for hydroxylation is 2. The predicted molar refractivity (Wildman–Crippen MR) is 55.9 cm³/mol. The Morgan fingerprint density at radius 3 is 2.60 bits per heavy atom. The normalized spacial score (nSPS) is 9.80. The summed E-state index contributed by atoms with van der Waals surface area (Å²) in [5.41, 5.74) is 0.951. The SMILES string of the molecule is C.Cc1nc(-c2cccc(C)c2F)no1. The van der Waals surface area contributed by atoms with Crippen molar-refractivity contribution in [1.29, 1.82) is 0 Å². The third kappa shape index (κ3) is 2.03. The van der Waals surface area contributed by atoms with Crippen LogP contribution in [0.15, 0.2) is 22.7 Å². The first kappa shape index (κ1) is 11.4. The lowest BCUT2D eigenvalue weighted by Gasteiger charge is -1.99. The van der Waals surface area contributed by atoms with Gasteiger partial charge in [0.25, 0.3) is 0 Å². The van der Waals surface area contributed by atoms with Gasteiger partial charge in [0.1, 0.15) is 5.82 Å². The number of hydrogen-bond acceptors (Lipinski definition) is 3. The molecular weight excluding hydrogens is 195 g/mol. The molecule has 3 nitrogen and oxygen atoms in total. The van der Waals surface area contributed by atoms with Gasteiger partial charge in [-0.1, -0.05) is 24.7 Å². The third-order valence-corrected chi connectivity index (χ3v) is 1.96. The van der Waals surface area contributed by atoms with E-state index in [2.05, 4.69) is 10.1 Å². The molecule has 0 radical (unpaired) electrons. The van der Waals surface area contributed by atoms with Crippen LogP contribution >= 0.6 is 0 Å². The minimum atomic E-state index is -0.298. The molecule has 4 heteroatoms. The van der Waals surface area contributed by atoms with Gasteiger partial charge in [-0.15, -0.1) is 0 Å². The fourth-order valence-corrected chi connectivity index (χ4v) is 1.23. The summed E-state index contributed by atoms with van der Waals surface area (Å²) >= 11 is 0. The molecule has 1 aromatic carbocycles. The summed E-state index contributed by atoms with van der Waals surface area (Å²) in [6.07, 6.45) is 0. The number of halogens is 1. The van der Waals surface area contributed by atoms with Crippen LogP contribution in [-0.4, -0.2) is 10.1 Å². The van der Waals surface area contributed by atoms with E-state index in [1.807, 2.05) is 0 Å². The Morgan fingerprint density at radius 2 is 2.00 bits per heavy atom. The molecule has 0 N–H and O–H groups in total. The second-order valence-electron chi connectivity index (χ2n) is 3.07. The van der Waals surface area contributed by atoms with Crippen LogP contribution in [0.3, 0.4) is 0 Å². The van der Waals surface area contributed by atoms with Crippen LogP contribution in [0.25, 0.3) is 11.4 Å². The highest BCUT2D eigenvalue weighted by Crippen LogP contribution is 2.21. The highest BCUT2D eigenvalue weighted by atomic mass is 19.1. The molecule has 2 rings (SSSR count). The summed E-state index contributed by atoms with van der Waals surface area (Å²) in [5, 5.41) is 3.66. The van der Waals surface area contributed by atoms with E-state index in [1.54, 1.807) is 32.0 Å². The Balaban J connectivity index is 0.00000112. The largest absolute Gasteiger partial charge is 0.339 e. The first-order valence-electron chi connectivity index (χ1n) is 4.24. The van der Waals surface area contributed by atoms with Gasteiger partial charge in [0.05, 0.1) is 5.56 Å². The maximum atomic E-state index is 13.6. The molecule has 2 aromatic rings. The lowest BCUT2D eigenvalue weighted by molar-refractivity contribution is 0.394. The molecule has 0 saturated carbocycles. The van der Waals surface area contributed by atoms with E-state index in [0.717, 1.165) is 0 Å². The van der Waals surface area contributed by atoms with Gasteiger partial charge in [0.15, 0.2) is 0 Å². The summed E-state index contributed by atoms with van der Waals surface area (Å²) in [6, 6.07) is 5.10. The Bertz CT molecular complexity index is 465. The lowest BCUT2D eigenvalue weighted by Crippen LogP contribution is -1.89. The maximum absolute atomic E-state index is 13.6. The molecule has 0 spiro atoms. The molecule has 0 atom stereocenters. The summed E-state index contributed by atoms with van der Waals surface area (Å²) in [7, 11) is 0. The van der Waals surface area contributed by atoms with E-state index in [-0.39, 0.29) is 13.2 Å². The zero-order valence-electron chi connectivity index (χ0n) is 7.91. The van der Waals surface area contributed by atoms with E-state index in [4.69, 9.17) is 4.52 Å². The number of aromatic nitrogens is 2. The van der Waals surface area contributed by atoms with E-state index in [1.165, 1.54) is 0 Å². The molecule has 0 fully saturated rings. The highest BCUT2D eigenvalue weighted by Gasteiger charge is 2.11. The van der Waals surface area contributed by atoms with Crippen molar-refractivity contribution in [3.8, 4) is 11.4 Å². The number of hydrogen-bond donors (Lipinski definition) is 0. The molecule has 15 heavy (non-hydrogen) atoms. The Kier molecular flexibility index (Phi) is 3.19. The van der Waals surface area contributed by atoms with Crippen LogP contribution in [-0.2, 0) is 0 Å². The summed E-state index contributed by atoms with van der Waals surface area (Å²) in [5.74, 6) is 0.429. The van der Waals surface area contributed by atoms with Crippen molar-refractivity contribution in [3.63, 3.8) is 0 Å². The van der Waals surface area contributed by atoms with Crippen molar-refractivity contribution in [2.24, 2.45) is 0 Å². The van der Waals surface area contributed by atoms with Crippen LogP contribution in [0.2, 0.25) is 0 Å². The minimum absolute atomic E-state index is 0. The van der Waals surface area contributed by atoms with Gasteiger partial charge >= 0.3 is 0 Å². The lowest BCUT2D eigenvalue weighted by atomic mass is 10.1. The standard InChI is InChI=1S/C10H9FN2O.CH4/c1-6-4-3-5-8(9(6)11)10-12-7(2)14-13-10;/h3-5H,1-2H3;1H4. The molecule has 0 aliphatic rings. The quantitative estimate of drug-likeness (QED) is 0.722. The van der Waals surface area contributed by atoms with Gasteiger partial charge in [-0.05, 0) is 18.6 Å². The summed E-state index contributed by atoms with van der Waals surface area (Å²) in [4.78, 5) is 3.97. The monoisotopic (exact) mass is 208 g/mol. The summed E-state index contributed by atoms with van der Waals surface area (Å²) in [6.45, 7) is 3.37. The molecule has 0 aliphatic carbocycles. The third-order valence-electron chi connectivity index (χ3n) is 1.96. The molecule has 1 aromatic heterocycles. The zero-order valence-corrected chi connectivity index (χ0v) is 7.91. The number of benzene rings is 1. The highest BCUT2D eigenvalue weighted by molar-refractivity contribution is 5.56. The van der Waals surface area contributed by atoms with Crippen LogP contribution in [0.4, 0.5) is 4.39 Å². The molecule has 0 bridgehead atoms. The number of nitrogens with zero attached hydrogens (tertiary/aromatic N) is 2. The average molecular weight is 208 g/mol. The van der Waals surface area contributed by atoms with Crippen LogP contribution in [0.5, 0.6) is 0 Å².